The minimum atomic E-state index is -0.766. The normalized spacial score (nSPS) is 12.0. The molecule has 0 aromatic rings. The van der Waals surface area contributed by atoms with Crippen LogP contribution in [0.25, 0.3) is 0 Å². The lowest BCUT2D eigenvalue weighted by atomic mass is 10.0. The van der Waals surface area contributed by atoms with Crippen LogP contribution >= 0.6 is 0 Å². The summed E-state index contributed by atoms with van der Waals surface area (Å²) in [6.45, 7) is 6.60. The van der Waals surface area contributed by atoms with Gasteiger partial charge in [-0.3, -0.25) is 14.4 Å². The molecule has 0 N–H and O–H groups in total. The molecule has 0 bridgehead atoms. The second-order valence-corrected chi connectivity index (χ2v) is 19.2. The molecule has 6 heteroatoms. The summed E-state index contributed by atoms with van der Waals surface area (Å²) in [5.41, 5.74) is 0. The summed E-state index contributed by atoms with van der Waals surface area (Å²) < 4.78 is 16.7. The van der Waals surface area contributed by atoms with Crippen molar-refractivity contribution in [2.45, 2.75) is 322 Å². The Morgan fingerprint density at radius 3 is 0.810 bits per heavy atom. The van der Waals surface area contributed by atoms with Crippen molar-refractivity contribution < 1.29 is 28.6 Å². The minimum absolute atomic E-state index is 0.0690. The number of hydrogen-bond acceptors (Lipinski definition) is 6. The molecule has 0 aromatic heterocycles. The summed E-state index contributed by atoms with van der Waals surface area (Å²) in [4.78, 5) is 37.7. The van der Waals surface area contributed by atoms with Gasteiger partial charge in [0.1, 0.15) is 13.2 Å². The third-order valence-corrected chi connectivity index (χ3v) is 12.8. The van der Waals surface area contributed by atoms with E-state index < -0.39 is 6.10 Å². The number of hydrogen-bond donors (Lipinski definition) is 0. The average molecular weight is 889 g/mol. The first kappa shape index (κ1) is 61.1. The molecule has 0 rings (SSSR count). The molecule has 0 aromatic carbocycles. The summed E-state index contributed by atoms with van der Waals surface area (Å²) >= 11 is 0. The number of esters is 3. The zero-order valence-corrected chi connectivity index (χ0v) is 42.6. The molecular weight excluding hydrogens is 781 g/mol. The Hall–Kier alpha value is -1.85. The molecule has 6 nitrogen and oxygen atoms in total. The van der Waals surface area contributed by atoms with Crippen molar-refractivity contribution in [1.29, 1.82) is 0 Å². The third-order valence-electron chi connectivity index (χ3n) is 12.8. The fourth-order valence-corrected chi connectivity index (χ4v) is 8.50. The van der Waals surface area contributed by atoms with E-state index in [1.807, 2.05) is 0 Å². The van der Waals surface area contributed by atoms with Gasteiger partial charge in [0, 0.05) is 19.3 Å². The number of ether oxygens (including phenoxy) is 3. The molecule has 0 amide bonds. The van der Waals surface area contributed by atoms with E-state index in [0.717, 1.165) is 64.2 Å². The fourth-order valence-electron chi connectivity index (χ4n) is 8.50. The van der Waals surface area contributed by atoms with Gasteiger partial charge in [-0.25, -0.2) is 0 Å². The van der Waals surface area contributed by atoms with E-state index in [2.05, 4.69) is 32.9 Å². The highest BCUT2D eigenvalue weighted by atomic mass is 16.6. The first-order valence-electron chi connectivity index (χ1n) is 28.2. The van der Waals surface area contributed by atoms with Crippen molar-refractivity contribution in [3.8, 4) is 0 Å². The number of rotatable bonds is 52. The van der Waals surface area contributed by atoms with Crippen LogP contribution in [0.1, 0.15) is 316 Å². The van der Waals surface area contributed by atoms with Gasteiger partial charge in [0.2, 0.25) is 0 Å². The van der Waals surface area contributed by atoms with Gasteiger partial charge in [0.15, 0.2) is 6.10 Å². The molecule has 0 saturated carbocycles. The minimum Gasteiger partial charge on any atom is -0.462 e. The van der Waals surface area contributed by atoms with Crippen LogP contribution < -0.4 is 0 Å². The lowest BCUT2D eigenvalue weighted by Crippen LogP contribution is -2.30. The van der Waals surface area contributed by atoms with Gasteiger partial charge < -0.3 is 14.2 Å². The molecule has 372 valence electrons. The second-order valence-electron chi connectivity index (χ2n) is 19.2. The lowest BCUT2D eigenvalue weighted by molar-refractivity contribution is -0.167. The van der Waals surface area contributed by atoms with E-state index in [1.165, 1.54) is 212 Å². The Bertz CT molecular complexity index is 978. The van der Waals surface area contributed by atoms with Gasteiger partial charge in [-0.2, -0.15) is 0 Å². The number of unbranched alkanes of at least 4 members (excludes halogenated alkanes) is 39. The van der Waals surface area contributed by atoms with Crippen LogP contribution in [0.2, 0.25) is 0 Å². The quantitative estimate of drug-likeness (QED) is 0.0262. The zero-order chi connectivity index (χ0) is 45.8. The summed E-state index contributed by atoms with van der Waals surface area (Å²) in [5.74, 6) is -0.871. The number of carbonyl (C=O) groups is 3. The Morgan fingerprint density at radius 2 is 0.524 bits per heavy atom. The van der Waals surface area contributed by atoms with Gasteiger partial charge in [-0.05, 0) is 44.9 Å². The highest BCUT2D eigenvalue weighted by molar-refractivity contribution is 5.71. The van der Waals surface area contributed by atoms with Gasteiger partial charge in [0.25, 0.3) is 0 Å². The highest BCUT2D eigenvalue weighted by Gasteiger charge is 2.19. The maximum absolute atomic E-state index is 12.7. The predicted molar refractivity (Wildman–Crippen MR) is 270 cm³/mol. The van der Waals surface area contributed by atoms with Gasteiger partial charge in [-0.1, -0.05) is 264 Å². The van der Waals surface area contributed by atoms with E-state index in [0.29, 0.717) is 19.3 Å². The Balaban J connectivity index is 4.00. The Labute approximate surface area is 392 Å². The van der Waals surface area contributed by atoms with Crippen LogP contribution in [-0.2, 0) is 28.6 Å². The van der Waals surface area contributed by atoms with E-state index >= 15 is 0 Å². The first-order chi connectivity index (χ1) is 31.0. The maximum atomic E-state index is 12.7. The van der Waals surface area contributed by atoms with Crippen molar-refractivity contribution in [1.82, 2.24) is 0 Å². The van der Waals surface area contributed by atoms with Crippen LogP contribution in [0.15, 0.2) is 12.2 Å². The largest absolute Gasteiger partial charge is 0.462 e. The van der Waals surface area contributed by atoms with Crippen molar-refractivity contribution in [2.75, 3.05) is 13.2 Å². The maximum Gasteiger partial charge on any atom is 0.306 e. The van der Waals surface area contributed by atoms with Crippen molar-refractivity contribution in [3.05, 3.63) is 12.2 Å². The molecule has 0 heterocycles. The van der Waals surface area contributed by atoms with Crippen LogP contribution in [-0.4, -0.2) is 37.2 Å². The summed E-state index contributed by atoms with van der Waals surface area (Å²) in [6, 6.07) is 0. The molecule has 0 fully saturated rings. The molecule has 0 radical (unpaired) electrons. The third kappa shape index (κ3) is 51.0. The highest BCUT2D eigenvalue weighted by Crippen LogP contribution is 2.17. The summed E-state index contributed by atoms with van der Waals surface area (Å²) in [6.07, 6.45) is 59.6. The van der Waals surface area contributed by atoms with Gasteiger partial charge >= 0.3 is 17.9 Å². The average Bonchev–Trinajstić information content (AvgIpc) is 3.28. The molecule has 0 aliphatic heterocycles. The molecule has 63 heavy (non-hydrogen) atoms. The van der Waals surface area contributed by atoms with Crippen LogP contribution in [0, 0.1) is 0 Å². The lowest BCUT2D eigenvalue weighted by Gasteiger charge is -2.18. The van der Waals surface area contributed by atoms with Gasteiger partial charge in [-0.15, -0.1) is 0 Å². The van der Waals surface area contributed by atoms with Crippen LogP contribution in [0.3, 0.4) is 0 Å². The van der Waals surface area contributed by atoms with E-state index in [1.54, 1.807) is 0 Å². The zero-order valence-electron chi connectivity index (χ0n) is 42.6. The van der Waals surface area contributed by atoms with Crippen LogP contribution in [0.5, 0.6) is 0 Å². The molecule has 1 unspecified atom stereocenters. The van der Waals surface area contributed by atoms with Crippen molar-refractivity contribution in [3.63, 3.8) is 0 Å². The molecule has 1 atom stereocenters. The Kier molecular flexibility index (Phi) is 51.2. The molecular formula is C57H108O6. The van der Waals surface area contributed by atoms with Crippen molar-refractivity contribution >= 4 is 17.9 Å². The van der Waals surface area contributed by atoms with Crippen LogP contribution in [0.4, 0.5) is 0 Å². The molecule has 0 saturated heterocycles. The molecule has 0 aliphatic rings. The van der Waals surface area contributed by atoms with Crippen molar-refractivity contribution in [2.24, 2.45) is 0 Å². The second kappa shape index (κ2) is 52.8. The topological polar surface area (TPSA) is 78.9 Å². The Morgan fingerprint density at radius 1 is 0.302 bits per heavy atom. The van der Waals surface area contributed by atoms with E-state index in [9.17, 15) is 14.4 Å². The van der Waals surface area contributed by atoms with Gasteiger partial charge in [0.05, 0.1) is 0 Å². The first-order valence-corrected chi connectivity index (χ1v) is 28.2. The SMILES string of the molecule is CCCCCC/C=C\CCCCCCCC(=O)OC(COC(=O)CCCCCCCC)COC(=O)CCCCCCCCCCCCCCCCCCCCCCCCCCCC. The number of allylic oxidation sites excluding steroid dienone is 2. The number of carbonyl (C=O) groups excluding carboxylic acids is 3. The monoisotopic (exact) mass is 889 g/mol. The summed E-state index contributed by atoms with van der Waals surface area (Å²) in [7, 11) is 0. The smallest absolute Gasteiger partial charge is 0.306 e. The fraction of sp³-hybridized carbons (Fsp3) is 0.912. The predicted octanol–water partition coefficient (Wildman–Crippen LogP) is 18.5. The summed E-state index contributed by atoms with van der Waals surface area (Å²) in [5, 5.41) is 0. The molecule has 0 spiro atoms. The molecule has 0 aliphatic carbocycles. The van der Waals surface area contributed by atoms with E-state index in [4.69, 9.17) is 14.2 Å². The van der Waals surface area contributed by atoms with E-state index in [-0.39, 0.29) is 31.1 Å². The standard InChI is InChI=1S/C57H108O6/c1-4-7-10-13-16-18-20-22-23-24-25-26-27-28-29-30-31-32-33-34-36-37-39-41-44-47-50-56(59)62-53-54(52-61-55(58)49-46-43-15-12-9-6-3)63-57(60)51-48-45-42-40-38-35-21-19-17-14-11-8-5-2/h19,21,54H,4-18,20,22-53H2,1-3H3/b21-19-.